The van der Waals surface area contributed by atoms with E-state index in [1.54, 1.807) is 0 Å². The molecule has 0 aromatic carbocycles. The van der Waals surface area contributed by atoms with Gasteiger partial charge in [0.1, 0.15) is 0 Å². The Morgan fingerprint density at radius 1 is 1.48 bits per heavy atom. The van der Waals surface area contributed by atoms with Gasteiger partial charge in [-0.25, -0.2) is 0 Å². The van der Waals surface area contributed by atoms with E-state index in [1.807, 2.05) is 29.7 Å². The first-order valence-electron chi connectivity index (χ1n) is 8.22. The fraction of sp³-hybridized carbons (Fsp3) is 0.647. The highest BCUT2D eigenvalue weighted by Crippen LogP contribution is 2.39. The van der Waals surface area contributed by atoms with Crippen molar-refractivity contribution in [1.29, 1.82) is 0 Å². The summed E-state index contributed by atoms with van der Waals surface area (Å²) in [5, 5.41) is 12.6. The second kappa shape index (κ2) is 6.15. The van der Waals surface area contributed by atoms with Crippen molar-refractivity contribution in [2.45, 2.75) is 57.2 Å². The summed E-state index contributed by atoms with van der Waals surface area (Å²) < 4.78 is 1.82. The average Bonchev–Trinajstić information content (AvgIpc) is 2.97. The Balaban J connectivity index is 1.61. The molecule has 1 aromatic heterocycles. The van der Waals surface area contributed by atoms with E-state index in [1.165, 1.54) is 5.56 Å². The molecule has 1 amide bonds. The second-order valence-corrected chi connectivity index (χ2v) is 6.48. The third kappa shape index (κ3) is 3.29. The number of hydrogen-bond acceptors (Lipinski definition) is 4. The number of carbonyl (C=O) groups excluding carboxylic acids is 1. The predicted octanol–water partition coefficient (Wildman–Crippen LogP) is 2.75. The molecule has 3 rings (SSSR count). The highest BCUT2D eigenvalue weighted by molar-refractivity contribution is 5.77. The van der Waals surface area contributed by atoms with Crippen LogP contribution in [0.15, 0.2) is 16.4 Å². The molecule has 0 saturated carbocycles. The van der Waals surface area contributed by atoms with E-state index in [0.29, 0.717) is 19.3 Å². The largest absolute Gasteiger partial charge is 0.336 e. The maximum Gasteiger partial charge on any atom is 0.223 e. The molecule has 0 radical (unpaired) electrons. The first kappa shape index (κ1) is 15.7. The molecule has 1 atom stereocenters. The molecule has 6 nitrogen and oxygen atoms in total. The summed E-state index contributed by atoms with van der Waals surface area (Å²) in [5.41, 5.74) is 1.80. The van der Waals surface area contributed by atoms with Crippen LogP contribution in [0.4, 0.5) is 0 Å². The van der Waals surface area contributed by atoms with Crippen molar-refractivity contribution < 1.29 is 4.79 Å². The summed E-state index contributed by atoms with van der Waals surface area (Å²) in [6, 6.07) is 0.158. The molecular weight excluding hydrogens is 290 g/mol. The van der Waals surface area contributed by atoms with E-state index in [2.05, 4.69) is 21.2 Å². The smallest absolute Gasteiger partial charge is 0.223 e. The van der Waals surface area contributed by atoms with Crippen molar-refractivity contribution in [3.8, 4) is 12.3 Å². The highest BCUT2D eigenvalue weighted by Gasteiger charge is 2.40. The normalized spacial score (nSPS) is 21.4. The molecule has 23 heavy (non-hydrogen) atoms. The molecule has 0 N–H and O–H groups in total. The van der Waals surface area contributed by atoms with E-state index in [-0.39, 0.29) is 17.6 Å². The fourth-order valence-electron chi connectivity index (χ4n) is 3.45. The topological polar surface area (TPSA) is 62.9 Å². The molecule has 0 aliphatic carbocycles. The van der Waals surface area contributed by atoms with Gasteiger partial charge >= 0.3 is 0 Å². The Labute approximate surface area is 137 Å². The summed E-state index contributed by atoms with van der Waals surface area (Å²) in [4.78, 5) is 14.7. The predicted molar refractivity (Wildman–Crippen MR) is 86.5 cm³/mol. The van der Waals surface area contributed by atoms with Gasteiger partial charge in [-0.3, -0.25) is 9.48 Å². The van der Waals surface area contributed by atoms with Gasteiger partial charge in [-0.1, -0.05) is 0 Å². The SMILES string of the molecule is C#CCCC1(CCC(=O)N2CCCC2c2cn(C)nc2C)N=N1. The molecule has 2 aliphatic heterocycles. The molecular formula is C17H23N5O. The molecule has 0 spiro atoms. The van der Waals surface area contributed by atoms with Gasteiger partial charge in [-0.2, -0.15) is 15.3 Å². The first-order valence-corrected chi connectivity index (χ1v) is 8.22. The van der Waals surface area contributed by atoms with E-state index >= 15 is 0 Å². The van der Waals surface area contributed by atoms with E-state index in [9.17, 15) is 4.79 Å². The number of aromatic nitrogens is 2. The van der Waals surface area contributed by atoms with Gasteiger partial charge in [-0.05, 0) is 19.8 Å². The minimum atomic E-state index is -0.374. The Hall–Kier alpha value is -2.16. The lowest BCUT2D eigenvalue weighted by Crippen LogP contribution is -2.31. The summed E-state index contributed by atoms with van der Waals surface area (Å²) in [6.45, 7) is 2.83. The van der Waals surface area contributed by atoms with Crippen molar-refractivity contribution in [2.24, 2.45) is 17.3 Å². The van der Waals surface area contributed by atoms with Crippen LogP contribution in [0.25, 0.3) is 0 Å². The molecule has 2 aliphatic rings. The lowest BCUT2D eigenvalue weighted by molar-refractivity contribution is -0.132. The Morgan fingerprint density at radius 3 is 2.87 bits per heavy atom. The van der Waals surface area contributed by atoms with Gasteiger partial charge in [0.2, 0.25) is 5.91 Å². The zero-order valence-corrected chi connectivity index (χ0v) is 13.8. The number of amides is 1. The second-order valence-electron chi connectivity index (χ2n) is 6.48. The van der Waals surface area contributed by atoms with Crippen molar-refractivity contribution >= 4 is 5.91 Å². The maximum atomic E-state index is 12.7. The van der Waals surface area contributed by atoms with Crippen LogP contribution in [0, 0.1) is 19.3 Å². The fourth-order valence-corrected chi connectivity index (χ4v) is 3.45. The average molecular weight is 313 g/mol. The van der Waals surface area contributed by atoms with E-state index in [0.717, 1.165) is 31.5 Å². The number of carbonyl (C=O) groups is 1. The number of likely N-dealkylation sites (tertiary alicyclic amines) is 1. The molecule has 1 fully saturated rings. The first-order chi connectivity index (χ1) is 11.0. The number of rotatable bonds is 6. The van der Waals surface area contributed by atoms with Crippen molar-refractivity contribution in [1.82, 2.24) is 14.7 Å². The van der Waals surface area contributed by atoms with Gasteiger partial charge in [0, 0.05) is 51.0 Å². The van der Waals surface area contributed by atoms with Crippen molar-refractivity contribution in [3.05, 3.63) is 17.5 Å². The Morgan fingerprint density at radius 2 is 2.26 bits per heavy atom. The van der Waals surface area contributed by atoms with Crippen LogP contribution in [0.1, 0.15) is 55.8 Å². The van der Waals surface area contributed by atoms with Crippen LogP contribution < -0.4 is 0 Å². The van der Waals surface area contributed by atoms with Crippen molar-refractivity contribution in [3.63, 3.8) is 0 Å². The zero-order chi connectivity index (χ0) is 16.4. The van der Waals surface area contributed by atoms with Crippen LogP contribution in [-0.2, 0) is 11.8 Å². The van der Waals surface area contributed by atoms with Gasteiger partial charge in [-0.15, -0.1) is 12.3 Å². The van der Waals surface area contributed by atoms with Crippen LogP contribution in [0.3, 0.4) is 0 Å². The molecule has 6 heteroatoms. The quantitative estimate of drug-likeness (QED) is 0.758. The highest BCUT2D eigenvalue weighted by atomic mass is 16.2. The summed E-state index contributed by atoms with van der Waals surface area (Å²) in [5.74, 6) is 2.81. The zero-order valence-electron chi connectivity index (χ0n) is 13.8. The number of hydrogen-bond donors (Lipinski definition) is 0. The lowest BCUT2D eigenvalue weighted by atomic mass is 10.0. The van der Waals surface area contributed by atoms with E-state index in [4.69, 9.17) is 6.42 Å². The molecule has 3 heterocycles. The van der Waals surface area contributed by atoms with Crippen molar-refractivity contribution in [2.75, 3.05) is 6.54 Å². The minimum Gasteiger partial charge on any atom is -0.336 e. The van der Waals surface area contributed by atoms with Crippen LogP contribution >= 0.6 is 0 Å². The number of terminal acetylenes is 1. The van der Waals surface area contributed by atoms with Gasteiger partial charge in [0.05, 0.1) is 11.7 Å². The Bertz CT molecular complexity index is 663. The third-order valence-corrected chi connectivity index (χ3v) is 4.78. The molecule has 1 unspecified atom stereocenters. The van der Waals surface area contributed by atoms with Gasteiger partial charge in [0.15, 0.2) is 5.66 Å². The lowest BCUT2D eigenvalue weighted by Gasteiger charge is -2.25. The summed E-state index contributed by atoms with van der Waals surface area (Å²) in [7, 11) is 1.92. The van der Waals surface area contributed by atoms with E-state index < -0.39 is 0 Å². The van der Waals surface area contributed by atoms with Crippen LogP contribution in [-0.4, -0.2) is 32.8 Å². The third-order valence-electron chi connectivity index (χ3n) is 4.78. The van der Waals surface area contributed by atoms with Gasteiger partial charge in [0.25, 0.3) is 0 Å². The minimum absolute atomic E-state index is 0.158. The molecule has 1 aromatic rings. The Kier molecular flexibility index (Phi) is 4.20. The molecule has 122 valence electrons. The monoisotopic (exact) mass is 313 g/mol. The van der Waals surface area contributed by atoms with Crippen LogP contribution in [0.2, 0.25) is 0 Å². The summed E-state index contributed by atoms with van der Waals surface area (Å²) >= 11 is 0. The number of nitrogens with zero attached hydrogens (tertiary/aromatic N) is 5. The maximum absolute atomic E-state index is 12.7. The number of aryl methyl sites for hydroxylation is 2. The molecule has 0 bridgehead atoms. The standard InChI is InChI=1S/C17H23N5O/c1-4-5-9-17(19-20-17)10-8-16(23)22-11-6-7-15(22)14-12-21(3)18-13(14)2/h1,12,15H,5-11H2,2-3H3. The van der Waals surface area contributed by atoms with Crippen LogP contribution in [0.5, 0.6) is 0 Å². The molecule has 1 saturated heterocycles. The van der Waals surface area contributed by atoms with Gasteiger partial charge < -0.3 is 4.90 Å². The summed E-state index contributed by atoms with van der Waals surface area (Å²) in [6.07, 6.45) is 11.9.